The van der Waals surface area contributed by atoms with E-state index in [0.29, 0.717) is 29.7 Å². The minimum absolute atomic E-state index is 0.0926. The zero-order valence-corrected chi connectivity index (χ0v) is 17.9. The number of nitrogens with one attached hydrogen (secondary N) is 2. The maximum Gasteiger partial charge on any atom is 0.511 e. The smallest absolute Gasteiger partial charge is 0.356 e. The van der Waals surface area contributed by atoms with Gasteiger partial charge in [0, 0.05) is 38.6 Å². The molecule has 1 aliphatic heterocycles. The molecule has 0 spiro atoms. The van der Waals surface area contributed by atoms with Crippen molar-refractivity contribution < 1.29 is 21.6 Å². The molecule has 1 aromatic carbocycles. The van der Waals surface area contributed by atoms with Gasteiger partial charge in [-0.2, -0.15) is 17.5 Å². The third-order valence-electron chi connectivity index (χ3n) is 6.28. The largest absolute Gasteiger partial charge is 0.511 e. The van der Waals surface area contributed by atoms with Crippen LogP contribution in [0.4, 0.5) is 13.2 Å². The first kappa shape index (κ1) is 22.9. The SMILES string of the molecule is CN=C(NCC1CCN(S(=O)(=O)C(F)(F)F)CC1)NCC1(c2ccccc2)CCC1. The van der Waals surface area contributed by atoms with E-state index in [4.69, 9.17) is 0 Å². The maximum atomic E-state index is 12.7. The fourth-order valence-corrected chi connectivity index (χ4v) is 5.16. The summed E-state index contributed by atoms with van der Waals surface area (Å²) in [5, 5.41) is 6.63. The van der Waals surface area contributed by atoms with Crippen molar-refractivity contribution in [3.8, 4) is 0 Å². The molecule has 0 aromatic heterocycles. The molecule has 0 radical (unpaired) electrons. The molecule has 2 fully saturated rings. The number of sulfonamides is 1. The van der Waals surface area contributed by atoms with Crippen LogP contribution >= 0.6 is 0 Å². The molecule has 0 atom stereocenters. The van der Waals surface area contributed by atoms with Crippen LogP contribution in [-0.2, 0) is 15.4 Å². The van der Waals surface area contributed by atoms with Crippen LogP contribution in [0, 0.1) is 5.92 Å². The number of hydrogen-bond acceptors (Lipinski definition) is 3. The van der Waals surface area contributed by atoms with Crippen LogP contribution in [-0.4, -0.2) is 57.4 Å². The molecule has 2 N–H and O–H groups in total. The summed E-state index contributed by atoms with van der Waals surface area (Å²) >= 11 is 0. The Morgan fingerprint density at radius 3 is 2.30 bits per heavy atom. The van der Waals surface area contributed by atoms with Gasteiger partial charge in [-0.25, -0.2) is 8.42 Å². The van der Waals surface area contributed by atoms with Crippen LogP contribution in [0.15, 0.2) is 35.3 Å². The van der Waals surface area contributed by atoms with E-state index in [-0.39, 0.29) is 24.4 Å². The highest BCUT2D eigenvalue weighted by molar-refractivity contribution is 7.90. The first-order valence-electron chi connectivity index (χ1n) is 10.2. The number of benzene rings is 1. The lowest BCUT2D eigenvalue weighted by molar-refractivity contribution is -0.0496. The second-order valence-corrected chi connectivity index (χ2v) is 10.0. The lowest BCUT2D eigenvalue weighted by atomic mass is 9.64. The Labute approximate surface area is 176 Å². The molecule has 30 heavy (non-hydrogen) atoms. The number of halogens is 3. The first-order chi connectivity index (χ1) is 14.2. The number of aliphatic imine (C=N–C) groups is 1. The van der Waals surface area contributed by atoms with E-state index < -0.39 is 15.5 Å². The Bertz CT molecular complexity index is 831. The third-order valence-corrected chi connectivity index (χ3v) is 7.91. The normalized spacial score (nSPS) is 21.1. The van der Waals surface area contributed by atoms with Crippen LogP contribution in [0.2, 0.25) is 0 Å². The fraction of sp³-hybridized carbons (Fsp3) is 0.650. The van der Waals surface area contributed by atoms with E-state index in [1.807, 2.05) is 18.2 Å². The summed E-state index contributed by atoms with van der Waals surface area (Å²) in [7, 11) is -3.55. The van der Waals surface area contributed by atoms with Crippen LogP contribution < -0.4 is 10.6 Å². The summed E-state index contributed by atoms with van der Waals surface area (Å²) in [6, 6.07) is 10.4. The topological polar surface area (TPSA) is 73.8 Å². The Morgan fingerprint density at radius 2 is 1.80 bits per heavy atom. The van der Waals surface area contributed by atoms with E-state index >= 15 is 0 Å². The van der Waals surface area contributed by atoms with E-state index in [0.717, 1.165) is 19.4 Å². The molecule has 6 nitrogen and oxygen atoms in total. The molecule has 1 saturated heterocycles. The van der Waals surface area contributed by atoms with E-state index in [1.54, 1.807) is 7.05 Å². The van der Waals surface area contributed by atoms with Gasteiger partial charge in [0.1, 0.15) is 0 Å². The molecule has 1 saturated carbocycles. The molecule has 1 heterocycles. The highest BCUT2D eigenvalue weighted by Gasteiger charge is 2.50. The second-order valence-electron chi connectivity index (χ2n) is 8.10. The number of rotatable bonds is 6. The Balaban J connectivity index is 1.47. The number of guanidine groups is 1. The lowest BCUT2D eigenvalue weighted by Gasteiger charge is -2.43. The molecule has 0 amide bonds. The van der Waals surface area contributed by atoms with E-state index in [9.17, 15) is 21.6 Å². The highest BCUT2D eigenvalue weighted by atomic mass is 32.2. The summed E-state index contributed by atoms with van der Waals surface area (Å²) < 4.78 is 61.6. The van der Waals surface area contributed by atoms with Gasteiger partial charge in [-0.05, 0) is 37.2 Å². The van der Waals surface area contributed by atoms with Gasteiger partial charge in [0.15, 0.2) is 5.96 Å². The minimum Gasteiger partial charge on any atom is -0.356 e. The van der Waals surface area contributed by atoms with Crippen molar-refractivity contribution in [1.82, 2.24) is 14.9 Å². The fourth-order valence-electron chi connectivity index (χ4n) is 4.18. The number of alkyl halides is 3. The maximum absolute atomic E-state index is 12.7. The molecular formula is C20H29F3N4O2S. The van der Waals surface area contributed by atoms with Crippen molar-refractivity contribution in [2.45, 2.75) is 43.0 Å². The number of piperidine rings is 1. The summed E-state index contributed by atoms with van der Waals surface area (Å²) in [6.07, 6.45) is 4.20. The highest BCUT2D eigenvalue weighted by Crippen LogP contribution is 2.43. The molecule has 0 unspecified atom stereocenters. The van der Waals surface area contributed by atoms with Gasteiger partial charge in [-0.1, -0.05) is 36.8 Å². The monoisotopic (exact) mass is 446 g/mol. The standard InChI is InChI=1S/C20H29F3N4O2S/c1-24-18(26-15-19(10-5-11-19)17-6-3-2-4-7-17)25-14-16-8-12-27(13-9-16)30(28,29)20(21,22)23/h2-4,6-7,16H,5,8-15H2,1H3,(H2,24,25,26). The van der Waals surface area contributed by atoms with Gasteiger partial charge in [-0.15, -0.1) is 0 Å². The van der Waals surface area contributed by atoms with Gasteiger partial charge in [0.2, 0.25) is 0 Å². The molecule has 1 aliphatic carbocycles. The van der Waals surface area contributed by atoms with Gasteiger partial charge in [0.25, 0.3) is 0 Å². The predicted octanol–water partition coefficient (Wildman–Crippen LogP) is 2.83. The Kier molecular flexibility index (Phi) is 6.96. The van der Waals surface area contributed by atoms with Crippen molar-refractivity contribution in [2.75, 3.05) is 33.2 Å². The Morgan fingerprint density at radius 1 is 1.17 bits per heavy atom. The summed E-state index contributed by atoms with van der Waals surface area (Å²) in [4.78, 5) is 4.25. The first-order valence-corrected chi connectivity index (χ1v) is 11.7. The predicted molar refractivity (Wildman–Crippen MR) is 111 cm³/mol. The number of nitrogens with zero attached hydrogens (tertiary/aromatic N) is 2. The van der Waals surface area contributed by atoms with Crippen LogP contribution in [0.5, 0.6) is 0 Å². The van der Waals surface area contributed by atoms with Crippen LogP contribution in [0.25, 0.3) is 0 Å². The van der Waals surface area contributed by atoms with Gasteiger partial charge >= 0.3 is 15.5 Å². The van der Waals surface area contributed by atoms with Crippen molar-refractivity contribution in [3.05, 3.63) is 35.9 Å². The molecule has 2 aliphatic rings. The summed E-state index contributed by atoms with van der Waals surface area (Å²) in [5.41, 5.74) is -3.81. The lowest BCUT2D eigenvalue weighted by Crippen LogP contribution is -2.50. The second kappa shape index (κ2) is 9.13. The summed E-state index contributed by atoms with van der Waals surface area (Å²) in [6.45, 7) is 1.07. The summed E-state index contributed by atoms with van der Waals surface area (Å²) in [5.74, 6) is 0.748. The van der Waals surface area contributed by atoms with Crippen LogP contribution in [0.1, 0.15) is 37.7 Å². The minimum atomic E-state index is -5.24. The average molecular weight is 447 g/mol. The quantitative estimate of drug-likeness (QED) is 0.521. The molecule has 10 heteroatoms. The van der Waals surface area contributed by atoms with Gasteiger partial charge < -0.3 is 10.6 Å². The van der Waals surface area contributed by atoms with Crippen molar-refractivity contribution in [1.29, 1.82) is 0 Å². The van der Waals surface area contributed by atoms with Gasteiger partial charge in [0.05, 0.1) is 0 Å². The van der Waals surface area contributed by atoms with Crippen molar-refractivity contribution >= 4 is 16.0 Å². The molecule has 1 aromatic rings. The van der Waals surface area contributed by atoms with E-state index in [2.05, 4.69) is 27.8 Å². The molecular weight excluding hydrogens is 417 g/mol. The van der Waals surface area contributed by atoms with Crippen molar-refractivity contribution in [2.24, 2.45) is 10.9 Å². The Hall–Kier alpha value is -1.81. The zero-order valence-electron chi connectivity index (χ0n) is 17.1. The number of hydrogen-bond donors (Lipinski definition) is 2. The zero-order chi connectivity index (χ0) is 21.8. The third kappa shape index (κ3) is 4.91. The van der Waals surface area contributed by atoms with Gasteiger partial charge in [-0.3, -0.25) is 4.99 Å². The molecule has 3 rings (SSSR count). The van der Waals surface area contributed by atoms with E-state index in [1.165, 1.54) is 12.0 Å². The molecule has 0 bridgehead atoms. The average Bonchev–Trinajstić information content (AvgIpc) is 2.69. The van der Waals surface area contributed by atoms with Crippen molar-refractivity contribution in [3.63, 3.8) is 0 Å². The van der Waals surface area contributed by atoms with Crippen LogP contribution in [0.3, 0.4) is 0 Å². The molecule has 168 valence electrons.